The van der Waals surface area contributed by atoms with E-state index in [1.165, 1.54) is 4.90 Å². The molecule has 1 atom stereocenters. The van der Waals surface area contributed by atoms with Gasteiger partial charge < -0.3 is 14.4 Å². The number of aromatic nitrogens is 1. The average Bonchev–Trinajstić information content (AvgIpc) is 2.76. The summed E-state index contributed by atoms with van der Waals surface area (Å²) < 4.78 is 10.9. The number of rotatable bonds is 4. The molecule has 0 unspecified atom stereocenters. The topological polar surface area (TPSA) is 72.0 Å². The quantitative estimate of drug-likeness (QED) is 0.663. The third kappa shape index (κ3) is 6.20. The minimum Gasteiger partial charge on any atom is -0.445 e. The first-order valence-electron chi connectivity index (χ1n) is 10.6. The van der Waals surface area contributed by atoms with Gasteiger partial charge in [-0.25, -0.2) is 14.6 Å². The van der Waals surface area contributed by atoms with Crippen molar-refractivity contribution >= 4 is 18.0 Å². The average molecular weight is 426 g/mol. The largest absolute Gasteiger partial charge is 0.445 e. The molecule has 3 rings (SSSR count). The van der Waals surface area contributed by atoms with E-state index in [1.807, 2.05) is 57.2 Å². The zero-order chi connectivity index (χ0) is 22.4. The highest BCUT2D eigenvalue weighted by molar-refractivity contribution is 5.85. The second kappa shape index (κ2) is 9.81. The Balaban J connectivity index is 1.66. The van der Waals surface area contributed by atoms with Gasteiger partial charge in [-0.1, -0.05) is 36.4 Å². The fraction of sp³-hybridized carbons (Fsp3) is 0.458. The van der Waals surface area contributed by atoms with Crippen molar-refractivity contribution in [3.8, 4) is 0 Å². The number of ether oxygens (including phenoxy) is 2. The van der Waals surface area contributed by atoms with E-state index in [9.17, 15) is 9.59 Å². The summed E-state index contributed by atoms with van der Waals surface area (Å²) in [5.74, 6) is 0.493. The lowest BCUT2D eigenvalue weighted by molar-refractivity contribution is 0.0588. The van der Waals surface area contributed by atoms with Crippen LogP contribution in [-0.4, -0.2) is 41.3 Å². The van der Waals surface area contributed by atoms with Crippen LogP contribution in [0, 0.1) is 0 Å². The van der Waals surface area contributed by atoms with Gasteiger partial charge in [0.1, 0.15) is 18.0 Å². The fourth-order valence-corrected chi connectivity index (χ4v) is 3.52. The van der Waals surface area contributed by atoms with Crippen LogP contribution in [0.25, 0.3) is 0 Å². The molecule has 0 radical (unpaired) electrons. The number of hydrogen-bond acceptors (Lipinski definition) is 5. The summed E-state index contributed by atoms with van der Waals surface area (Å²) in [5, 5.41) is 0. The van der Waals surface area contributed by atoms with Crippen LogP contribution in [0.5, 0.6) is 0 Å². The molecule has 2 heterocycles. The van der Waals surface area contributed by atoms with Crippen LogP contribution in [0.4, 0.5) is 15.4 Å². The summed E-state index contributed by atoms with van der Waals surface area (Å²) >= 11 is 0. The summed E-state index contributed by atoms with van der Waals surface area (Å²) in [6, 6.07) is 13.3. The lowest BCUT2D eigenvalue weighted by Crippen LogP contribution is -2.39. The molecule has 7 heteroatoms. The minimum absolute atomic E-state index is 0.0922. The zero-order valence-electron chi connectivity index (χ0n) is 18.7. The molecule has 2 aromatic rings. The van der Waals surface area contributed by atoms with Gasteiger partial charge in [0.25, 0.3) is 0 Å². The molecule has 1 fully saturated rings. The van der Waals surface area contributed by atoms with Gasteiger partial charge in [-0.05, 0) is 57.2 Å². The second-order valence-electron chi connectivity index (χ2n) is 8.73. The van der Waals surface area contributed by atoms with E-state index in [0.717, 1.165) is 30.4 Å². The van der Waals surface area contributed by atoms with Gasteiger partial charge in [-0.2, -0.15) is 0 Å². The molecule has 1 aromatic heterocycles. The van der Waals surface area contributed by atoms with Gasteiger partial charge in [0, 0.05) is 19.8 Å². The number of benzene rings is 1. The van der Waals surface area contributed by atoms with E-state index in [2.05, 4.69) is 4.98 Å². The molecule has 31 heavy (non-hydrogen) atoms. The molecule has 7 nitrogen and oxygen atoms in total. The molecule has 0 spiro atoms. The molecule has 2 amide bonds. The Morgan fingerprint density at radius 3 is 2.52 bits per heavy atom. The predicted molar refractivity (Wildman–Crippen MR) is 119 cm³/mol. The minimum atomic E-state index is -0.575. The lowest BCUT2D eigenvalue weighted by Gasteiger charge is -2.35. The first-order chi connectivity index (χ1) is 14.7. The van der Waals surface area contributed by atoms with Crippen LogP contribution in [0.3, 0.4) is 0 Å². The summed E-state index contributed by atoms with van der Waals surface area (Å²) in [7, 11) is 1.63. The Kier molecular flexibility index (Phi) is 7.15. The van der Waals surface area contributed by atoms with Crippen molar-refractivity contribution in [2.45, 2.75) is 58.3 Å². The summed E-state index contributed by atoms with van der Waals surface area (Å²) in [6.07, 6.45) is 3.78. The van der Waals surface area contributed by atoms with Gasteiger partial charge in [-0.15, -0.1) is 0 Å². The van der Waals surface area contributed by atoms with Crippen LogP contribution in [-0.2, 0) is 16.1 Å². The van der Waals surface area contributed by atoms with E-state index in [1.54, 1.807) is 24.2 Å². The van der Waals surface area contributed by atoms with Crippen molar-refractivity contribution in [3.05, 3.63) is 59.8 Å². The zero-order valence-corrected chi connectivity index (χ0v) is 18.7. The van der Waals surface area contributed by atoms with Crippen molar-refractivity contribution in [1.29, 1.82) is 0 Å². The number of piperidine rings is 1. The van der Waals surface area contributed by atoms with E-state index in [0.29, 0.717) is 12.4 Å². The van der Waals surface area contributed by atoms with Crippen molar-refractivity contribution in [1.82, 2.24) is 9.88 Å². The Bertz CT molecular complexity index is 878. The lowest BCUT2D eigenvalue weighted by atomic mass is 9.97. The second-order valence-corrected chi connectivity index (χ2v) is 8.73. The van der Waals surface area contributed by atoms with Crippen molar-refractivity contribution in [2.75, 3.05) is 18.5 Å². The maximum atomic E-state index is 12.8. The Morgan fingerprint density at radius 1 is 1.13 bits per heavy atom. The van der Waals surface area contributed by atoms with Crippen LogP contribution < -0.4 is 4.90 Å². The number of likely N-dealkylation sites (tertiary alicyclic amines) is 1. The van der Waals surface area contributed by atoms with Crippen LogP contribution in [0.1, 0.15) is 57.2 Å². The van der Waals surface area contributed by atoms with Crippen LogP contribution in [0.15, 0.2) is 48.7 Å². The van der Waals surface area contributed by atoms with Crippen molar-refractivity contribution in [2.24, 2.45) is 0 Å². The third-order valence-electron chi connectivity index (χ3n) is 5.11. The number of amides is 2. The van der Waals surface area contributed by atoms with Crippen molar-refractivity contribution < 1.29 is 19.1 Å². The van der Waals surface area contributed by atoms with E-state index < -0.39 is 11.7 Å². The maximum Gasteiger partial charge on any atom is 0.415 e. The number of pyridine rings is 1. The van der Waals surface area contributed by atoms with Gasteiger partial charge in [0.2, 0.25) is 0 Å². The van der Waals surface area contributed by atoms with Gasteiger partial charge >= 0.3 is 12.2 Å². The maximum absolute atomic E-state index is 12.8. The Labute approximate surface area is 184 Å². The molecular weight excluding hydrogens is 394 g/mol. The first-order valence-corrected chi connectivity index (χ1v) is 10.6. The molecule has 0 bridgehead atoms. The fourth-order valence-electron chi connectivity index (χ4n) is 3.52. The summed E-state index contributed by atoms with van der Waals surface area (Å²) in [5.41, 5.74) is 1.31. The number of nitrogens with zero attached hydrogens (tertiary/aromatic N) is 3. The van der Waals surface area contributed by atoms with Crippen molar-refractivity contribution in [3.63, 3.8) is 0 Å². The number of carbonyl (C=O) groups excluding carboxylic acids is 2. The molecule has 1 aromatic carbocycles. The number of carbonyl (C=O) groups is 2. The first kappa shape index (κ1) is 22.6. The van der Waals surface area contributed by atoms with Gasteiger partial charge in [0.15, 0.2) is 0 Å². The monoisotopic (exact) mass is 425 g/mol. The third-order valence-corrected chi connectivity index (χ3v) is 5.11. The normalized spacial score (nSPS) is 16.5. The molecular formula is C24H31N3O4. The Hall–Kier alpha value is -3.09. The predicted octanol–water partition coefficient (Wildman–Crippen LogP) is 5.32. The van der Waals surface area contributed by atoms with Gasteiger partial charge in [0.05, 0.1) is 6.04 Å². The summed E-state index contributed by atoms with van der Waals surface area (Å²) in [4.78, 5) is 32.6. The number of anilines is 1. The molecule has 1 aliphatic heterocycles. The summed E-state index contributed by atoms with van der Waals surface area (Å²) in [6.45, 7) is 6.37. The highest BCUT2D eigenvalue weighted by atomic mass is 16.6. The smallest absolute Gasteiger partial charge is 0.415 e. The highest BCUT2D eigenvalue weighted by Gasteiger charge is 2.30. The Morgan fingerprint density at radius 2 is 1.87 bits per heavy atom. The van der Waals surface area contributed by atoms with E-state index in [4.69, 9.17) is 9.47 Å². The van der Waals surface area contributed by atoms with Gasteiger partial charge in [-0.3, -0.25) is 4.90 Å². The van der Waals surface area contributed by atoms with E-state index in [-0.39, 0.29) is 18.7 Å². The molecule has 1 aliphatic rings. The van der Waals surface area contributed by atoms with E-state index >= 15 is 0 Å². The standard InChI is InChI=1S/C24H31N3O4/c1-24(2,3)31-22(28)26(4)21-14-13-19(16-25-21)20-12-8-9-15-27(20)23(29)30-17-18-10-6-5-7-11-18/h5-7,10-11,13-14,16,20H,8-9,12,15,17H2,1-4H3/t20-/m1/s1. The molecule has 0 aliphatic carbocycles. The van der Waals surface area contributed by atoms with Crippen LogP contribution in [0.2, 0.25) is 0 Å². The molecule has 0 saturated carbocycles. The van der Waals surface area contributed by atoms with Crippen LogP contribution >= 0.6 is 0 Å². The molecule has 1 saturated heterocycles. The molecule has 166 valence electrons. The molecule has 0 N–H and O–H groups in total. The number of hydrogen-bond donors (Lipinski definition) is 0. The SMILES string of the molecule is CN(C(=O)OC(C)(C)C)c1ccc([C@H]2CCCCN2C(=O)OCc2ccccc2)cn1. The highest BCUT2D eigenvalue weighted by Crippen LogP contribution is 2.32.